The number of nitrogens with zero attached hydrogens (tertiary/aromatic N) is 3. The van der Waals surface area contributed by atoms with Crippen LogP contribution in [0.15, 0.2) is 60.9 Å². The molecule has 8 heteroatoms. The van der Waals surface area contributed by atoms with Crippen molar-refractivity contribution in [2.75, 3.05) is 16.8 Å². The van der Waals surface area contributed by atoms with Crippen molar-refractivity contribution in [1.29, 1.82) is 0 Å². The molecule has 0 spiro atoms. The van der Waals surface area contributed by atoms with Gasteiger partial charge in [-0.3, -0.25) is 24.4 Å². The standard InChI is InChI=1S/C21H17N5O3/c27-18(24-13-11-22-23-12-13)9-10-25-19-14-5-1-2-6-15(14)21(29)26(19)17-8-4-3-7-16(17)20(25)28/h1-8,11-12,19H,9-10H2,(H,22,23)(H,24,27)/t19-/m0/s1. The number of aromatic amines is 1. The van der Waals surface area contributed by atoms with E-state index < -0.39 is 6.17 Å². The first-order valence-corrected chi connectivity index (χ1v) is 9.26. The molecule has 2 aromatic carbocycles. The SMILES string of the molecule is O=C(CCN1C(=O)c2ccccc2N2C(=O)c3ccccc3[C@@H]12)Nc1cn[nH]c1. The van der Waals surface area contributed by atoms with E-state index >= 15 is 0 Å². The average Bonchev–Trinajstić information content (AvgIpc) is 3.35. The zero-order chi connectivity index (χ0) is 20.0. The highest BCUT2D eigenvalue weighted by Gasteiger charge is 2.47. The monoisotopic (exact) mass is 387 g/mol. The number of rotatable bonds is 4. The minimum absolute atomic E-state index is 0.0970. The molecule has 5 rings (SSSR count). The summed E-state index contributed by atoms with van der Waals surface area (Å²) in [6, 6.07) is 14.4. The van der Waals surface area contributed by atoms with Crippen LogP contribution in [-0.2, 0) is 4.79 Å². The number of para-hydroxylation sites is 1. The highest BCUT2D eigenvalue weighted by atomic mass is 16.2. The summed E-state index contributed by atoms with van der Waals surface area (Å²) >= 11 is 0. The van der Waals surface area contributed by atoms with Crippen LogP contribution in [0, 0.1) is 0 Å². The van der Waals surface area contributed by atoms with E-state index in [-0.39, 0.29) is 30.7 Å². The summed E-state index contributed by atoms with van der Waals surface area (Å²) in [7, 11) is 0. The molecule has 3 aromatic rings. The van der Waals surface area contributed by atoms with E-state index in [4.69, 9.17) is 0 Å². The molecule has 3 amide bonds. The fourth-order valence-electron chi connectivity index (χ4n) is 3.96. The fourth-order valence-corrected chi connectivity index (χ4v) is 3.96. The van der Waals surface area contributed by atoms with Crippen molar-refractivity contribution in [2.45, 2.75) is 12.6 Å². The Morgan fingerprint density at radius 2 is 1.79 bits per heavy atom. The molecular formula is C21H17N5O3. The summed E-state index contributed by atoms with van der Waals surface area (Å²) in [5, 5.41) is 9.15. The predicted molar refractivity (Wildman–Crippen MR) is 105 cm³/mol. The lowest BCUT2D eigenvalue weighted by Gasteiger charge is -2.40. The molecule has 3 heterocycles. The summed E-state index contributed by atoms with van der Waals surface area (Å²) in [6.45, 7) is 0.180. The second kappa shape index (κ2) is 6.59. The average molecular weight is 387 g/mol. The van der Waals surface area contributed by atoms with Gasteiger partial charge in [0.05, 0.1) is 23.1 Å². The van der Waals surface area contributed by atoms with Crippen molar-refractivity contribution < 1.29 is 14.4 Å². The zero-order valence-electron chi connectivity index (χ0n) is 15.3. The summed E-state index contributed by atoms with van der Waals surface area (Å²) in [5.74, 6) is -0.567. The molecule has 0 saturated heterocycles. The molecule has 2 aliphatic rings. The fraction of sp³-hybridized carbons (Fsp3) is 0.143. The second-order valence-corrected chi connectivity index (χ2v) is 6.94. The van der Waals surface area contributed by atoms with Crippen LogP contribution in [0.1, 0.15) is 38.9 Å². The molecule has 0 bridgehead atoms. The Kier molecular flexibility index (Phi) is 3.90. The smallest absolute Gasteiger partial charge is 0.260 e. The quantitative estimate of drug-likeness (QED) is 0.719. The summed E-state index contributed by atoms with van der Waals surface area (Å²) in [4.78, 5) is 41.9. The molecule has 1 atom stereocenters. The first-order chi connectivity index (χ1) is 14.1. The van der Waals surface area contributed by atoms with Crippen LogP contribution in [0.25, 0.3) is 0 Å². The normalized spacial score (nSPS) is 17.0. The Labute approximate surface area is 166 Å². The first-order valence-electron chi connectivity index (χ1n) is 9.26. The number of carbonyl (C=O) groups excluding carboxylic acids is 3. The Morgan fingerprint density at radius 3 is 2.59 bits per heavy atom. The van der Waals surface area contributed by atoms with Gasteiger partial charge in [0, 0.05) is 30.3 Å². The molecule has 29 heavy (non-hydrogen) atoms. The maximum Gasteiger partial charge on any atom is 0.260 e. The number of hydrogen-bond donors (Lipinski definition) is 2. The van der Waals surface area contributed by atoms with E-state index in [1.807, 2.05) is 24.3 Å². The van der Waals surface area contributed by atoms with E-state index in [1.165, 1.54) is 6.20 Å². The summed E-state index contributed by atoms with van der Waals surface area (Å²) in [5.41, 5.74) is 2.97. The van der Waals surface area contributed by atoms with Crippen LogP contribution in [-0.4, -0.2) is 39.4 Å². The number of H-pyrrole nitrogens is 1. The van der Waals surface area contributed by atoms with Gasteiger partial charge in [-0.25, -0.2) is 0 Å². The van der Waals surface area contributed by atoms with Crippen molar-refractivity contribution in [1.82, 2.24) is 15.1 Å². The molecule has 0 saturated carbocycles. The molecule has 1 aromatic heterocycles. The lowest BCUT2D eigenvalue weighted by atomic mass is 10.0. The Bertz CT molecular complexity index is 1120. The van der Waals surface area contributed by atoms with Gasteiger partial charge in [-0.2, -0.15) is 5.10 Å². The topological polar surface area (TPSA) is 98.4 Å². The van der Waals surface area contributed by atoms with E-state index in [2.05, 4.69) is 15.5 Å². The van der Waals surface area contributed by atoms with Crippen LogP contribution in [0.2, 0.25) is 0 Å². The molecule has 144 valence electrons. The molecule has 8 nitrogen and oxygen atoms in total. The highest BCUT2D eigenvalue weighted by molar-refractivity contribution is 6.16. The third-order valence-corrected chi connectivity index (χ3v) is 5.24. The molecule has 2 aliphatic heterocycles. The number of aromatic nitrogens is 2. The molecule has 0 fully saturated rings. The van der Waals surface area contributed by atoms with Gasteiger partial charge in [0.25, 0.3) is 11.8 Å². The maximum absolute atomic E-state index is 13.2. The number of hydrogen-bond acceptors (Lipinski definition) is 4. The zero-order valence-corrected chi connectivity index (χ0v) is 15.3. The lowest BCUT2D eigenvalue weighted by Crippen LogP contribution is -2.48. The van der Waals surface area contributed by atoms with E-state index in [9.17, 15) is 14.4 Å². The van der Waals surface area contributed by atoms with Crippen molar-refractivity contribution in [3.8, 4) is 0 Å². The first kappa shape index (κ1) is 17.2. The number of benzene rings is 2. The summed E-state index contributed by atoms with van der Waals surface area (Å²) in [6.07, 6.45) is 2.63. The van der Waals surface area contributed by atoms with Crippen molar-refractivity contribution in [3.05, 3.63) is 77.6 Å². The molecule has 0 aliphatic carbocycles. The van der Waals surface area contributed by atoms with Gasteiger partial charge in [-0.15, -0.1) is 0 Å². The van der Waals surface area contributed by atoms with Crippen LogP contribution >= 0.6 is 0 Å². The number of anilines is 2. The van der Waals surface area contributed by atoms with Crippen LogP contribution in [0.3, 0.4) is 0 Å². The van der Waals surface area contributed by atoms with Crippen molar-refractivity contribution in [3.63, 3.8) is 0 Å². The van der Waals surface area contributed by atoms with E-state index in [0.717, 1.165) is 5.56 Å². The van der Waals surface area contributed by atoms with Gasteiger partial charge < -0.3 is 10.2 Å². The lowest BCUT2D eigenvalue weighted by molar-refractivity contribution is -0.116. The van der Waals surface area contributed by atoms with Gasteiger partial charge >= 0.3 is 0 Å². The number of nitrogens with one attached hydrogen (secondary N) is 2. The largest absolute Gasteiger partial charge is 0.323 e. The van der Waals surface area contributed by atoms with Crippen LogP contribution < -0.4 is 10.2 Å². The minimum Gasteiger partial charge on any atom is -0.323 e. The maximum atomic E-state index is 13.2. The molecule has 0 radical (unpaired) electrons. The second-order valence-electron chi connectivity index (χ2n) is 6.94. The Hall–Kier alpha value is -3.94. The highest BCUT2D eigenvalue weighted by Crippen LogP contribution is 2.45. The molecular weight excluding hydrogens is 370 g/mol. The van der Waals surface area contributed by atoms with Crippen molar-refractivity contribution >= 4 is 29.1 Å². The minimum atomic E-state index is -0.553. The van der Waals surface area contributed by atoms with Gasteiger partial charge in [0.15, 0.2) is 0 Å². The van der Waals surface area contributed by atoms with Gasteiger partial charge in [-0.1, -0.05) is 30.3 Å². The van der Waals surface area contributed by atoms with Gasteiger partial charge in [-0.05, 0) is 18.2 Å². The molecule has 0 unspecified atom stereocenters. The summed E-state index contributed by atoms with van der Waals surface area (Å²) < 4.78 is 0. The van der Waals surface area contributed by atoms with Crippen molar-refractivity contribution in [2.24, 2.45) is 0 Å². The Morgan fingerprint density at radius 1 is 1.03 bits per heavy atom. The number of carbonyl (C=O) groups is 3. The van der Waals surface area contributed by atoms with Gasteiger partial charge in [0.1, 0.15) is 6.17 Å². The van der Waals surface area contributed by atoms with E-state index in [1.54, 1.807) is 40.3 Å². The molecule has 2 N–H and O–H groups in total. The Balaban J connectivity index is 1.48. The predicted octanol–water partition coefficient (Wildman–Crippen LogP) is 2.55. The van der Waals surface area contributed by atoms with E-state index in [0.29, 0.717) is 22.5 Å². The number of amides is 3. The third-order valence-electron chi connectivity index (χ3n) is 5.24. The van der Waals surface area contributed by atoms with Crippen LogP contribution in [0.5, 0.6) is 0 Å². The number of fused-ring (bicyclic) bond motifs is 5. The van der Waals surface area contributed by atoms with Gasteiger partial charge in [0.2, 0.25) is 5.91 Å². The third kappa shape index (κ3) is 2.68. The van der Waals surface area contributed by atoms with Crippen LogP contribution in [0.4, 0.5) is 11.4 Å².